The first kappa shape index (κ1) is 36.6. The maximum Gasteiger partial charge on any atom is 0.573 e. The average molecular weight is 742 g/mol. The van der Waals surface area contributed by atoms with Crippen molar-refractivity contribution in [3.63, 3.8) is 0 Å². The molecule has 274 valence electrons. The van der Waals surface area contributed by atoms with Gasteiger partial charge in [0.15, 0.2) is 11.8 Å². The number of rotatable bonds is 9. The van der Waals surface area contributed by atoms with Crippen molar-refractivity contribution in [2.45, 2.75) is 42.3 Å². The van der Waals surface area contributed by atoms with Gasteiger partial charge in [-0.1, -0.05) is 17.7 Å². The van der Waals surface area contributed by atoms with E-state index >= 15 is 4.79 Å². The number of fused-ring (bicyclic) bond motifs is 1. The van der Waals surface area contributed by atoms with E-state index in [0.29, 0.717) is 21.0 Å². The summed E-state index contributed by atoms with van der Waals surface area (Å²) in [6.07, 6.45) is -3.40. The molecule has 1 fully saturated rings. The Bertz CT molecular complexity index is 2170. The van der Waals surface area contributed by atoms with Gasteiger partial charge in [0.25, 0.3) is 15.9 Å². The third kappa shape index (κ3) is 5.70. The fourth-order valence-corrected chi connectivity index (χ4v) is 9.20. The van der Waals surface area contributed by atoms with Crippen LogP contribution in [-0.4, -0.2) is 88.2 Å². The van der Waals surface area contributed by atoms with Gasteiger partial charge in [-0.05, 0) is 66.6 Å². The van der Waals surface area contributed by atoms with Gasteiger partial charge in [0, 0.05) is 31.9 Å². The van der Waals surface area contributed by atoms with Crippen LogP contribution in [0.2, 0.25) is 0 Å². The van der Waals surface area contributed by atoms with Crippen molar-refractivity contribution >= 4 is 27.5 Å². The minimum Gasteiger partial charge on any atom is -0.497 e. The Kier molecular flexibility index (Phi) is 9.22. The van der Waals surface area contributed by atoms with Crippen LogP contribution in [0.15, 0.2) is 84.0 Å². The number of carbonyl (C=O) groups is 2. The standard InChI is InChI=1S/C36H35F3N4O8S/c1-21-6-10-30(50-5)27(16-21)35(43(3)20-24(44)18-29(43)33(45)40-2)26-17-23(22-12-14-41-15-13-22)7-9-28(26)42(34(35)46)52(47,48)32-11-8-25(49-4)19-31(32)51-36(37,38)39/h6-17,19,24,29,44H,18,20H2,1-5H3/p+1/t24-,29+,35?,43?/m1/s1. The lowest BCUT2D eigenvalue weighted by molar-refractivity contribution is -0.953. The first-order valence-corrected chi connectivity index (χ1v) is 17.5. The van der Waals surface area contributed by atoms with E-state index in [1.165, 1.54) is 27.3 Å². The lowest BCUT2D eigenvalue weighted by atomic mass is 9.77. The minimum atomic E-state index is -5.31. The largest absolute Gasteiger partial charge is 0.573 e. The number of methoxy groups -OCH3 is 2. The Balaban J connectivity index is 1.76. The number of sulfonamides is 1. The number of alkyl halides is 3. The van der Waals surface area contributed by atoms with E-state index in [2.05, 4.69) is 15.0 Å². The third-order valence-electron chi connectivity index (χ3n) is 9.84. The zero-order valence-electron chi connectivity index (χ0n) is 28.8. The Morgan fingerprint density at radius 1 is 0.981 bits per heavy atom. The highest BCUT2D eigenvalue weighted by atomic mass is 32.2. The van der Waals surface area contributed by atoms with E-state index < -0.39 is 61.0 Å². The Morgan fingerprint density at radius 3 is 2.33 bits per heavy atom. The number of likely N-dealkylation sites (tertiary alicyclic amines) is 1. The first-order chi connectivity index (χ1) is 24.5. The first-order valence-electron chi connectivity index (χ1n) is 16.0. The molecule has 2 unspecified atom stereocenters. The zero-order chi connectivity index (χ0) is 37.8. The maximum atomic E-state index is 15.8. The number of aliphatic hydroxyl groups is 1. The number of likely N-dealkylation sites (N-methyl/N-ethyl adjacent to an activating group) is 2. The predicted molar refractivity (Wildman–Crippen MR) is 182 cm³/mol. The molecule has 4 aromatic rings. The molecule has 3 heterocycles. The number of hydrogen-bond donors (Lipinski definition) is 2. The van der Waals surface area contributed by atoms with Crippen LogP contribution in [0.4, 0.5) is 18.9 Å². The van der Waals surface area contributed by atoms with Gasteiger partial charge >= 0.3 is 12.3 Å². The van der Waals surface area contributed by atoms with Crippen molar-refractivity contribution < 1.29 is 55.0 Å². The van der Waals surface area contributed by atoms with Crippen molar-refractivity contribution in [3.05, 3.63) is 95.8 Å². The van der Waals surface area contributed by atoms with Gasteiger partial charge in [-0.15, -0.1) is 13.2 Å². The molecular formula is C36H36F3N4O8S+. The summed E-state index contributed by atoms with van der Waals surface area (Å²) in [4.78, 5) is 32.6. The second-order valence-corrected chi connectivity index (χ2v) is 14.5. The number of aromatic nitrogens is 1. The third-order valence-corrected chi connectivity index (χ3v) is 11.6. The molecule has 6 rings (SSSR count). The van der Waals surface area contributed by atoms with E-state index in [-0.39, 0.29) is 41.3 Å². The van der Waals surface area contributed by atoms with E-state index in [4.69, 9.17) is 9.47 Å². The van der Waals surface area contributed by atoms with E-state index in [9.17, 15) is 31.5 Å². The number of ether oxygens (including phenoxy) is 3. The number of halogens is 3. The monoisotopic (exact) mass is 741 g/mol. The van der Waals surface area contributed by atoms with Crippen LogP contribution in [0.5, 0.6) is 17.2 Å². The number of amides is 2. The highest BCUT2D eigenvalue weighted by Gasteiger charge is 2.72. The van der Waals surface area contributed by atoms with E-state index in [0.717, 1.165) is 18.2 Å². The van der Waals surface area contributed by atoms with Gasteiger partial charge in [-0.2, -0.15) is 4.31 Å². The van der Waals surface area contributed by atoms with E-state index in [1.54, 1.807) is 68.8 Å². The predicted octanol–water partition coefficient (Wildman–Crippen LogP) is 4.28. The molecule has 16 heteroatoms. The maximum absolute atomic E-state index is 15.8. The van der Waals surface area contributed by atoms with Crippen molar-refractivity contribution in [1.29, 1.82) is 0 Å². The quantitative estimate of drug-likeness (QED) is 0.241. The topological polar surface area (TPSA) is 144 Å². The fraction of sp³-hybridized carbons (Fsp3) is 0.306. The fourth-order valence-electron chi connectivity index (χ4n) is 7.64. The van der Waals surface area contributed by atoms with Gasteiger partial charge in [0.1, 0.15) is 29.0 Å². The lowest BCUT2D eigenvalue weighted by Crippen LogP contribution is -2.69. The molecule has 0 bridgehead atoms. The molecule has 2 aliphatic heterocycles. The van der Waals surface area contributed by atoms with Crippen LogP contribution in [0, 0.1) is 6.92 Å². The van der Waals surface area contributed by atoms with Crippen molar-refractivity contribution in [2.75, 3.05) is 39.2 Å². The number of benzene rings is 3. The van der Waals surface area contributed by atoms with Crippen molar-refractivity contribution in [3.8, 4) is 28.4 Å². The molecule has 0 aliphatic carbocycles. The highest BCUT2D eigenvalue weighted by molar-refractivity contribution is 7.93. The summed E-state index contributed by atoms with van der Waals surface area (Å²) in [5.41, 5.74) is -0.201. The number of pyridine rings is 1. The number of nitrogens with one attached hydrogen (secondary N) is 1. The van der Waals surface area contributed by atoms with Crippen LogP contribution in [0.3, 0.4) is 0 Å². The van der Waals surface area contributed by atoms with Gasteiger partial charge in [-0.3, -0.25) is 19.1 Å². The van der Waals surface area contributed by atoms with E-state index in [1.807, 2.05) is 0 Å². The lowest BCUT2D eigenvalue weighted by Gasteiger charge is -2.48. The summed E-state index contributed by atoms with van der Waals surface area (Å²) in [6.45, 7) is 1.56. The second-order valence-electron chi connectivity index (χ2n) is 12.8. The Labute approximate surface area is 298 Å². The summed E-state index contributed by atoms with van der Waals surface area (Å²) in [5, 5.41) is 13.9. The van der Waals surface area contributed by atoms with Crippen molar-refractivity contribution in [1.82, 2.24) is 10.3 Å². The normalized spacial score (nSPS) is 22.9. The SMILES string of the molecule is CNC(=O)[C@@H]1C[C@@H](O)C[N+]1(C)C1(c2cc(C)ccc2OC)C(=O)N(S(=O)(=O)c2ccc(OC)cc2OC(F)(F)F)c2ccc(-c3ccncc3)cc21. The molecule has 4 atom stereocenters. The van der Waals surface area contributed by atoms with Crippen LogP contribution in [0.1, 0.15) is 23.1 Å². The van der Waals surface area contributed by atoms with Gasteiger partial charge in [0.2, 0.25) is 5.54 Å². The number of nitrogens with zero attached hydrogens (tertiary/aromatic N) is 3. The van der Waals surface area contributed by atoms with Crippen LogP contribution in [-0.2, 0) is 25.2 Å². The molecule has 3 aromatic carbocycles. The smallest absolute Gasteiger partial charge is 0.497 e. The Hall–Kier alpha value is -5.19. The number of hydrogen-bond acceptors (Lipinski definition) is 9. The second kappa shape index (κ2) is 13.1. The summed E-state index contributed by atoms with van der Waals surface area (Å²) < 4.78 is 86.0. The molecule has 0 saturated carbocycles. The molecule has 1 saturated heterocycles. The Morgan fingerprint density at radius 2 is 1.69 bits per heavy atom. The molecular weight excluding hydrogens is 705 g/mol. The summed E-state index contributed by atoms with van der Waals surface area (Å²) in [5.74, 6) is -2.73. The number of anilines is 1. The molecule has 2 aliphatic rings. The molecule has 2 amide bonds. The molecule has 0 radical (unpaired) electrons. The molecule has 12 nitrogen and oxygen atoms in total. The van der Waals surface area contributed by atoms with Crippen LogP contribution >= 0.6 is 0 Å². The van der Waals surface area contributed by atoms with Gasteiger partial charge in [-0.25, -0.2) is 8.42 Å². The van der Waals surface area contributed by atoms with Gasteiger partial charge in [0.05, 0.1) is 38.1 Å². The number of quaternary nitrogens is 1. The van der Waals surface area contributed by atoms with Crippen LogP contribution in [0.25, 0.3) is 11.1 Å². The minimum absolute atomic E-state index is 0.0898. The summed E-state index contributed by atoms with van der Waals surface area (Å²) in [6, 6.07) is 14.6. The number of aliphatic hydroxyl groups excluding tert-OH is 1. The van der Waals surface area contributed by atoms with Crippen molar-refractivity contribution in [2.24, 2.45) is 0 Å². The molecule has 52 heavy (non-hydrogen) atoms. The number of aryl methyl sites for hydroxylation is 1. The van der Waals surface area contributed by atoms with Crippen LogP contribution < -0.4 is 23.8 Å². The average Bonchev–Trinajstić information content (AvgIpc) is 3.57. The molecule has 0 spiro atoms. The zero-order valence-corrected chi connectivity index (χ0v) is 29.6. The number of carbonyl (C=O) groups excluding carboxylic acids is 2. The molecule has 2 N–H and O–H groups in total. The summed E-state index contributed by atoms with van der Waals surface area (Å²) in [7, 11) is 0.298. The van der Waals surface area contributed by atoms with Gasteiger partial charge < -0.3 is 24.6 Å². The summed E-state index contributed by atoms with van der Waals surface area (Å²) >= 11 is 0. The highest BCUT2D eigenvalue weighted by Crippen LogP contribution is 2.58. The molecule has 1 aromatic heterocycles.